The van der Waals surface area contributed by atoms with Crippen molar-refractivity contribution in [3.63, 3.8) is 0 Å². The first-order valence-corrected chi connectivity index (χ1v) is 9.07. The van der Waals surface area contributed by atoms with E-state index in [9.17, 15) is 4.79 Å². The third-order valence-corrected chi connectivity index (χ3v) is 4.97. The number of rotatable bonds is 5. The molecule has 132 valence electrons. The lowest BCUT2D eigenvalue weighted by Crippen LogP contribution is -2.48. The summed E-state index contributed by atoms with van der Waals surface area (Å²) < 4.78 is 5.23. The van der Waals surface area contributed by atoms with E-state index in [0.29, 0.717) is 11.8 Å². The van der Waals surface area contributed by atoms with Crippen LogP contribution in [-0.2, 0) is 4.79 Å². The number of hydrogen-bond acceptors (Lipinski definition) is 4. The van der Waals surface area contributed by atoms with E-state index in [1.807, 2.05) is 41.3 Å². The van der Waals surface area contributed by atoms with Crippen LogP contribution in [0.15, 0.2) is 30.3 Å². The van der Waals surface area contributed by atoms with Gasteiger partial charge in [-0.05, 0) is 62.5 Å². The molecule has 1 aromatic rings. The van der Waals surface area contributed by atoms with Crippen LogP contribution in [0.5, 0.6) is 5.75 Å². The van der Waals surface area contributed by atoms with Crippen molar-refractivity contribution in [2.75, 3.05) is 32.8 Å². The minimum Gasteiger partial charge on any atom is -0.479 e. The van der Waals surface area contributed by atoms with Gasteiger partial charge in [0.2, 0.25) is 5.91 Å². The molecule has 1 atom stereocenters. The van der Waals surface area contributed by atoms with Gasteiger partial charge >= 0.3 is 0 Å². The summed E-state index contributed by atoms with van der Waals surface area (Å²) in [5, 5.41) is 8.51. The Hall–Kier alpha value is -2.32. The molecule has 2 fully saturated rings. The molecule has 2 aliphatic heterocycles. The van der Waals surface area contributed by atoms with E-state index < -0.39 is 0 Å². The van der Waals surface area contributed by atoms with E-state index in [-0.39, 0.29) is 12.5 Å². The quantitative estimate of drug-likeness (QED) is 0.774. The van der Waals surface area contributed by atoms with Crippen molar-refractivity contribution in [3.8, 4) is 11.8 Å². The van der Waals surface area contributed by atoms with E-state index in [0.717, 1.165) is 25.1 Å². The fourth-order valence-electron chi connectivity index (χ4n) is 3.62. The largest absolute Gasteiger partial charge is 0.479 e. The monoisotopic (exact) mass is 339 g/mol. The Kier molecular flexibility index (Phi) is 6.08. The molecular formula is C20H25N3O2. The van der Waals surface area contributed by atoms with E-state index in [4.69, 9.17) is 10.00 Å². The van der Waals surface area contributed by atoms with Gasteiger partial charge in [0.15, 0.2) is 6.61 Å². The lowest BCUT2D eigenvalue weighted by atomic mass is 10.0. The molecule has 1 aromatic carbocycles. The molecule has 0 spiro atoms. The summed E-state index contributed by atoms with van der Waals surface area (Å²) in [6, 6.07) is 9.87. The molecule has 5 heteroatoms. The molecule has 2 aliphatic rings. The molecule has 2 heterocycles. The molecule has 2 saturated heterocycles. The second kappa shape index (κ2) is 8.68. The van der Waals surface area contributed by atoms with Crippen LogP contribution in [-0.4, -0.2) is 54.5 Å². The van der Waals surface area contributed by atoms with Gasteiger partial charge in [-0.15, -0.1) is 0 Å². The lowest BCUT2D eigenvalue weighted by Gasteiger charge is -2.37. The van der Waals surface area contributed by atoms with Gasteiger partial charge in [-0.25, -0.2) is 0 Å². The van der Waals surface area contributed by atoms with Gasteiger partial charge in [-0.3, -0.25) is 9.69 Å². The number of piperidine rings is 1. The number of nitrogens with zero attached hydrogens (tertiary/aromatic N) is 3. The van der Waals surface area contributed by atoms with Crippen LogP contribution in [0, 0.1) is 11.3 Å². The number of amides is 1. The lowest BCUT2D eigenvalue weighted by molar-refractivity contribution is -0.127. The Morgan fingerprint density at radius 2 is 1.96 bits per heavy atom. The minimum absolute atomic E-state index is 0.0425. The average molecular weight is 339 g/mol. The summed E-state index contributed by atoms with van der Waals surface area (Å²) in [6.45, 7) is 4.12. The molecule has 0 saturated carbocycles. The molecule has 1 amide bonds. The van der Waals surface area contributed by atoms with E-state index in [1.165, 1.54) is 32.4 Å². The standard InChI is InChI=1S/C20H25N3O2/c21-11-15-25-19-8-5-17(6-9-19)7-10-20(24)23-14-3-4-18(16-23)22-12-1-2-13-22/h5-10,18H,1-4,12-16H2/b10-7+. The van der Waals surface area contributed by atoms with E-state index in [2.05, 4.69) is 4.90 Å². The second-order valence-electron chi connectivity index (χ2n) is 6.67. The SMILES string of the molecule is N#CCOc1ccc(/C=C/C(=O)N2CCCC(N3CCCC3)C2)cc1. The van der Waals surface area contributed by atoms with Gasteiger partial charge in [-0.1, -0.05) is 12.1 Å². The van der Waals surface area contributed by atoms with Crippen LogP contribution in [0.2, 0.25) is 0 Å². The molecule has 3 rings (SSSR count). The number of carbonyl (C=O) groups is 1. The summed E-state index contributed by atoms with van der Waals surface area (Å²) in [5.41, 5.74) is 0.950. The Balaban J connectivity index is 1.53. The zero-order valence-corrected chi connectivity index (χ0v) is 14.6. The van der Waals surface area contributed by atoms with Crippen LogP contribution in [0.25, 0.3) is 6.08 Å². The van der Waals surface area contributed by atoms with Gasteiger partial charge in [0.05, 0.1) is 0 Å². The van der Waals surface area contributed by atoms with Crippen molar-refractivity contribution in [2.45, 2.75) is 31.7 Å². The molecule has 0 aromatic heterocycles. The van der Waals surface area contributed by atoms with Crippen LogP contribution in [0.4, 0.5) is 0 Å². The fraction of sp³-hybridized carbons (Fsp3) is 0.500. The van der Waals surface area contributed by atoms with Crippen molar-refractivity contribution in [3.05, 3.63) is 35.9 Å². The first-order chi connectivity index (χ1) is 12.3. The predicted molar refractivity (Wildman–Crippen MR) is 97.0 cm³/mol. The Morgan fingerprint density at radius 1 is 1.20 bits per heavy atom. The van der Waals surface area contributed by atoms with E-state index >= 15 is 0 Å². The molecule has 5 nitrogen and oxygen atoms in total. The topological polar surface area (TPSA) is 56.6 Å². The smallest absolute Gasteiger partial charge is 0.246 e. The van der Waals surface area contributed by atoms with Crippen LogP contribution >= 0.6 is 0 Å². The highest BCUT2D eigenvalue weighted by molar-refractivity contribution is 5.91. The molecule has 0 bridgehead atoms. The number of likely N-dealkylation sites (tertiary alicyclic amines) is 2. The van der Waals surface area contributed by atoms with Crippen molar-refractivity contribution in [2.24, 2.45) is 0 Å². The van der Waals surface area contributed by atoms with Gasteiger partial charge in [0.1, 0.15) is 11.8 Å². The molecule has 25 heavy (non-hydrogen) atoms. The van der Waals surface area contributed by atoms with Crippen molar-refractivity contribution in [1.29, 1.82) is 5.26 Å². The number of nitriles is 1. The number of hydrogen-bond donors (Lipinski definition) is 0. The molecule has 0 aliphatic carbocycles. The Bertz CT molecular complexity index is 642. The Labute approximate surface area is 149 Å². The summed E-state index contributed by atoms with van der Waals surface area (Å²) in [6.07, 6.45) is 8.38. The highest BCUT2D eigenvalue weighted by atomic mass is 16.5. The number of carbonyl (C=O) groups excluding carboxylic acids is 1. The third kappa shape index (κ3) is 4.83. The van der Waals surface area contributed by atoms with Crippen LogP contribution in [0.1, 0.15) is 31.2 Å². The van der Waals surface area contributed by atoms with Gasteiger partial charge in [-0.2, -0.15) is 5.26 Å². The molecule has 0 N–H and O–H groups in total. The van der Waals surface area contributed by atoms with Crippen molar-refractivity contribution in [1.82, 2.24) is 9.80 Å². The highest BCUT2D eigenvalue weighted by Gasteiger charge is 2.28. The molecular weight excluding hydrogens is 314 g/mol. The fourth-order valence-corrected chi connectivity index (χ4v) is 3.62. The minimum atomic E-state index is 0.0425. The van der Waals surface area contributed by atoms with Crippen molar-refractivity contribution >= 4 is 12.0 Å². The van der Waals surface area contributed by atoms with Crippen LogP contribution < -0.4 is 4.74 Å². The van der Waals surface area contributed by atoms with Crippen LogP contribution in [0.3, 0.4) is 0 Å². The zero-order chi connectivity index (χ0) is 17.5. The summed E-state index contributed by atoms with van der Waals surface area (Å²) in [4.78, 5) is 17.0. The second-order valence-corrected chi connectivity index (χ2v) is 6.67. The highest BCUT2D eigenvalue weighted by Crippen LogP contribution is 2.21. The summed E-state index contributed by atoms with van der Waals surface area (Å²) in [5.74, 6) is 0.753. The maximum absolute atomic E-state index is 12.5. The summed E-state index contributed by atoms with van der Waals surface area (Å²) in [7, 11) is 0. The molecule has 1 unspecified atom stereocenters. The van der Waals surface area contributed by atoms with Crippen molar-refractivity contribution < 1.29 is 9.53 Å². The predicted octanol–water partition coefficient (Wildman–Crippen LogP) is 2.69. The average Bonchev–Trinajstić information content (AvgIpc) is 3.20. The maximum Gasteiger partial charge on any atom is 0.246 e. The zero-order valence-electron chi connectivity index (χ0n) is 14.6. The molecule has 0 radical (unpaired) electrons. The van der Waals surface area contributed by atoms with Gasteiger partial charge in [0, 0.05) is 25.2 Å². The van der Waals surface area contributed by atoms with Gasteiger partial charge < -0.3 is 9.64 Å². The maximum atomic E-state index is 12.5. The summed E-state index contributed by atoms with van der Waals surface area (Å²) >= 11 is 0. The van der Waals surface area contributed by atoms with Gasteiger partial charge in [0.25, 0.3) is 0 Å². The third-order valence-electron chi connectivity index (χ3n) is 4.97. The normalized spacial score (nSPS) is 21.4. The first-order valence-electron chi connectivity index (χ1n) is 9.07. The van der Waals surface area contributed by atoms with E-state index in [1.54, 1.807) is 6.08 Å². The Morgan fingerprint density at radius 3 is 2.68 bits per heavy atom. The first kappa shape index (κ1) is 17.5. The number of ether oxygens (including phenoxy) is 1. The number of benzene rings is 1.